The summed E-state index contributed by atoms with van der Waals surface area (Å²) in [6.07, 6.45) is 17.0. The van der Waals surface area contributed by atoms with Gasteiger partial charge in [-0.25, -0.2) is 4.79 Å². The van der Waals surface area contributed by atoms with E-state index in [1.807, 2.05) is 18.2 Å². The van der Waals surface area contributed by atoms with Gasteiger partial charge in [-0.15, -0.1) is 11.3 Å². The van der Waals surface area contributed by atoms with Crippen molar-refractivity contribution in [2.75, 3.05) is 17.7 Å². The van der Waals surface area contributed by atoms with E-state index in [-0.39, 0.29) is 51.9 Å². The van der Waals surface area contributed by atoms with E-state index >= 15 is 0 Å². The highest BCUT2D eigenvalue weighted by molar-refractivity contribution is 7.25. The molecule has 10 nitrogen and oxygen atoms in total. The third-order valence-corrected chi connectivity index (χ3v) is 11.6. The first-order valence-electron chi connectivity index (χ1n) is 17.5. The minimum Gasteiger partial charge on any atom is -0.465 e. The molecule has 3 atom stereocenters. The summed E-state index contributed by atoms with van der Waals surface area (Å²) in [5, 5.41) is 7.27. The number of ketones is 4. The lowest BCUT2D eigenvalue weighted by atomic mass is 9.71. The van der Waals surface area contributed by atoms with Crippen LogP contribution in [-0.2, 0) is 23.9 Å². The number of carbonyl (C=O) groups is 7. The summed E-state index contributed by atoms with van der Waals surface area (Å²) >= 11 is 1.39. The predicted octanol–water partition coefficient (Wildman–Crippen LogP) is 7.06. The van der Waals surface area contributed by atoms with E-state index in [2.05, 4.69) is 10.6 Å². The highest BCUT2D eigenvalue weighted by Crippen LogP contribution is 2.40. The molecule has 5 aliphatic rings. The first kappa shape index (κ1) is 34.0. The number of esters is 1. The largest absolute Gasteiger partial charge is 0.465 e. The summed E-state index contributed by atoms with van der Waals surface area (Å²) in [7, 11) is 1.25. The Hall–Kier alpha value is -6.85. The second-order valence-electron chi connectivity index (χ2n) is 13.8. The van der Waals surface area contributed by atoms with Gasteiger partial charge in [0.25, 0.3) is 11.8 Å². The molecule has 1 heterocycles. The van der Waals surface area contributed by atoms with Gasteiger partial charge in [0.15, 0.2) is 23.1 Å². The number of Topliss-reactive ketones (excluding diaryl/α,β-unsaturated/α-hetero) is 3. The number of nitrogens with one attached hydrogen (secondary N) is 2. The molecule has 0 aliphatic heterocycles. The number of hydrogen-bond acceptors (Lipinski definition) is 9. The lowest BCUT2D eigenvalue weighted by Gasteiger charge is -2.29. The van der Waals surface area contributed by atoms with Crippen LogP contribution in [0.4, 0.5) is 11.4 Å². The Labute approximate surface area is 316 Å². The van der Waals surface area contributed by atoms with E-state index in [1.165, 1.54) is 30.6 Å². The number of thiophene rings is 1. The molecular formula is C44H28N2O8S. The van der Waals surface area contributed by atoms with Gasteiger partial charge in [-0.2, -0.15) is 0 Å². The molecule has 0 spiro atoms. The summed E-state index contributed by atoms with van der Waals surface area (Å²) in [6, 6.07) is 13.6. The zero-order valence-corrected chi connectivity index (χ0v) is 29.8. The number of fused-ring (bicyclic) bond motifs is 7. The fourth-order valence-corrected chi connectivity index (χ4v) is 8.93. The van der Waals surface area contributed by atoms with E-state index < -0.39 is 35.5 Å². The molecule has 268 valence electrons. The van der Waals surface area contributed by atoms with Crippen molar-refractivity contribution in [3.8, 4) is 0 Å². The Morgan fingerprint density at radius 2 is 1.62 bits per heavy atom. The maximum Gasteiger partial charge on any atom is 0.339 e. The maximum atomic E-state index is 13.6. The monoisotopic (exact) mass is 744 g/mol. The van der Waals surface area contributed by atoms with Crippen molar-refractivity contribution in [2.45, 2.75) is 6.42 Å². The number of amides is 2. The van der Waals surface area contributed by atoms with Gasteiger partial charge in [0, 0.05) is 49.0 Å². The lowest BCUT2D eigenvalue weighted by molar-refractivity contribution is -0.130. The summed E-state index contributed by atoms with van der Waals surface area (Å²) in [6.45, 7) is 0. The molecule has 55 heavy (non-hydrogen) atoms. The van der Waals surface area contributed by atoms with Crippen LogP contribution >= 0.6 is 11.3 Å². The topological polar surface area (TPSA) is 153 Å². The Balaban J connectivity index is 0.982. The predicted molar refractivity (Wildman–Crippen MR) is 208 cm³/mol. The van der Waals surface area contributed by atoms with Gasteiger partial charge in [0.1, 0.15) is 11.8 Å². The van der Waals surface area contributed by atoms with Crippen molar-refractivity contribution in [3.05, 3.63) is 148 Å². The fourth-order valence-electron chi connectivity index (χ4n) is 7.77. The molecular weight excluding hydrogens is 717 g/mol. The fraction of sp³-hybridized carbons (Fsp3) is 0.114. The van der Waals surface area contributed by atoms with Crippen LogP contribution < -0.4 is 10.6 Å². The Morgan fingerprint density at radius 1 is 0.782 bits per heavy atom. The number of hydrogen-bond donors (Lipinski definition) is 2. The van der Waals surface area contributed by atoms with Crippen LogP contribution in [0.2, 0.25) is 0 Å². The number of methoxy groups -OCH3 is 1. The van der Waals surface area contributed by atoms with Crippen LogP contribution in [0.15, 0.2) is 126 Å². The molecule has 4 aromatic rings. The molecule has 3 unspecified atom stereocenters. The third kappa shape index (κ3) is 5.67. The van der Waals surface area contributed by atoms with Gasteiger partial charge >= 0.3 is 5.97 Å². The van der Waals surface area contributed by atoms with Crippen molar-refractivity contribution < 1.29 is 38.3 Å². The molecule has 9 rings (SSSR count). The smallest absolute Gasteiger partial charge is 0.339 e. The molecule has 0 radical (unpaired) electrons. The molecule has 0 fully saturated rings. The van der Waals surface area contributed by atoms with Gasteiger partial charge < -0.3 is 15.4 Å². The molecule has 0 saturated heterocycles. The summed E-state index contributed by atoms with van der Waals surface area (Å²) in [5.74, 6) is -5.20. The van der Waals surface area contributed by atoms with Crippen LogP contribution in [0.5, 0.6) is 0 Å². The molecule has 5 aliphatic carbocycles. The summed E-state index contributed by atoms with van der Waals surface area (Å²) < 4.78 is 6.61. The van der Waals surface area contributed by atoms with E-state index in [9.17, 15) is 33.6 Å². The third-order valence-electron chi connectivity index (χ3n) is 10.5. The molecule has 2 N–H and O–H groups in total. The van der Waals surface area contributed by atoms with Crippen molar-refractivity contribution in [1.82, 2.24) is 0 Å². The maximum absolute atomic E-state index is 13.6. The van der Waals surface area contributed by atoms with Crippen molar-refractivity contribution >= 4 is 89.9 Å². The second-order valence-corrected chi connectivity index (χ2v) is 14.8. The number of ether oxygens (including phenoxy) is 1. The molecule has 2 amide bonds. The average molecular weight is 745 g/mol. The minimum atomic E-state index is -0.899. The average Bonchev–Trinajstić information content (AvgIpc) is 3.53. The first-order chi connectivity index (χ1) is 26.6. The minimum absolute atomic E-state index is 0.124. The van der Waals surface area contributed by atoms with Gasteiger partial charge in [-0.1, -0.05) is 54.7 Å². The standard InChI is InChI=1S/C44H28N2O8S/c1-54-44(53)32-19-31-28-13-12-27(45-42(51)25-10-8-21-14-23-4-2-6-34(47)38(23)40(49)29(21)16-25)18-36(28)55-37(31)20-33(32)46-43(52)26-11-9-22-15-24-5-3-7-35(48)39(24)41(50)30(22)17-26/h2-5,7-20,30,38-39H,6H2,1H3,(H,45,51)(H,46,52). The van der Waals surface area contributed by atoms with E-state index in [4.69, 9.17) is 4.74 Å². The number of benzene rings is 3. The van der Waals surface area contributed by atoms with Crippen molar-refractivity contribution in [3.63, 3.8) is 0 Å². The van der Waals surface area contributed by atoms with E-state index in [0.29, 0.717) is 33.5 Å². The normalized spacial score (nSPS) is 20.8. The van der Waals surface area contributed by atoms with Crippen molar-refractivity contribution in [2.24, 2.45) is 17.8 Å². The molecule has 0 bridgehead atoms. The van der Waals surface area contributed by atoms with E-state index in [1.54, 1.807) is 78.9 Å². The van der Waals surface area contributed by atoms with Crippen LogP contribution in [0.3, 0.4) is 0 Å². The van der Waals surface area contributed by atoms with Crippen LogP contribution in [0, 0.1) is 17.8 Å². The molecule has 11 heteroatoms. The number of rotatable bonds is 5. The molecule has 3 aromatic carbocycles. The summed E-state index contributed by atoms with van der Waals surface area (Å²) in [4.78, 5) is 91.7. The Kier molecular flexibility index (Phi) is 7.98. The van der Waals surface area contributed by atoms with Gasteiger partial charge in [0.2, 0.25) is 0 Å². The van der Waals surface area contributed by atoms with Crippen LogP contribution in [0.25, 0.3) is 26.2 Å². The van der Waals surface area contributed by atoms with Gasteiger partial charge in [-0.05, 0) is 76.9 Å². The zero-order chi connectivity index (χ0) is 38.1. The molecule has 1 aromatic heterocycles. The number of allylic oxidation sites excluding steroid dienone is 11. The Bertz CT molecular complexity index is 2770. The van der Waals surface area contributed by atoms with Gasteiger partial charge in [-0.3, -0.25) is 28.8 Å². The number of anilines is 2. The quantitative estimate of drug-likeness (QED) is 0.163. The molecule has 0 saturated carbocycles. The number of carbonyl (C=O) groups excluding carboxylic acids is 7. The van der Waals surface area contributed by atoms with Crippen molar-refractivity contribution in [1.29, 1.82) is 0 Å². The van der Waals surface area contributed by atoms with Crippen LogP contribution in [0.1, 0.15) is 43.1 Å². The first-order valence-corrected chi connectivity index (χ1v) is 18.3. The van der Waals surface area contributed by atoms with E-state index in [0.717, 1.165) is 20.2 Å². The highest BCUT2D eigenvalue weighted by atomic mass is 32.1. The van der Waals surface area contributed by atoms with Gasteiger partial charge in [0.05, 0.1) is 24.3 Å². The SMILES string of the molecule is COC(=O)c1cc2c(cc1NC(=O)C1=CC3C(=O)C4C(=O)C=CC=C4C=C3C=C1)sc1cc(NC(=O)c3ccc4c(c3)C(=O)C3C(=O)CC=CC3=C4)ccc12. The highest BCUT2D eigenvalue weighted by Gasteiger charge is 2.40. The van der Waals surface area contributed by atoms with Crippen LogP contribution in [-0.4, -0.2) is 48.0 Å². The summed E-state index contributed by atoms with van der Waals surface area (Å²) in [5.41, 5.74) is 4.28. The Morgan fingerprint density at radius 3 is 2.45 bits per heavy atom. The zero-order valence-electron chi connectivity index (χ0n) is 29.0. The lowest BCUT2D eigenvalue weighted by Crippen LogP contribution is -2.35. The second kappa shape index (κ2) is 12.9.